The molecule has 2 unspecified atom stereocenters. The number of alkyl halides is 3. The molecule has 30 heavy (non-hydrogen) atoms. The number of hydrogen-bond acceptors (Lipinski definition) is 6. The number of rotatable bonds is 8. The number of pyridine rings is 1. The molecule has 2 aromatic rings. The first kappa shape index (κ1) is 23.8. The fourth-order valence-electron chi connectivity index (χ4n) is 2.50. The van der Waals surface area contributed by atoms with E-state index in [1.807, 2.05) is 6.92 Å². The van der Waals surface area contributed by atoms with Crippen LogP contribution in [-0.2, 0) is 6.18 Å². The summed E-state index contributed by atoms with van der Waals surface area (Å²) in [6.45, 7) is 3.56. The summed E-state index contributed by atoms with van der Waals surface area (Å²) >= 11 is 5.84. The smallest absolute Gasteiger partial charge is 0.417 e. The highest BCUT2D eigenvalue weighted by molar-refractivity contribution is 6.31. The predicted octanol–water partition coefficient (Wildman–Crippen LogP) is 5.00. The van der Waals surface area contributed by atoms with Gasteiger partial charge in [-0.2, -0.15) is 18.3 Å². The van der Waals surface area contributed by atoms with E-state index in [0.29, 0.717) is 24.1 Å². The van der Waals surface area contributed by atoms with Crippen molar-refractivity contribution in [2.45, 2.75) is 38.7 Å². The van der Waals surface area contributed by atoms with Gasteiger partial charge < -0.3 is 19.6 Å². The van der Waals surface area contributed by atoms with Crippen LogP contribution in [0.2, 0.25) is 5.02 Å². The van der Waals surface area contributed by atoms with Crippen molar-refractivity contribution in [1.82, 2.24) is 9.99 Å². The molecule has 0 aliphatic heterocycles. The molecule has 0 saturated carbocycles. The number of aromatic nitrogens is 1. The van der Waals surface area contributed by atoms with Gasteiger partial charge in [0.1, 0.15) is 22.6 Å². The van der Waals surface area contributed by atoms with Gasteiger partial charge in [0.2, 0.25) is 5.88 Å². The molecule has 164 valence electrons. The second-order valence-electron chi connectivity index (χ2n) is 6.86. The molecular weight excluding hydrogens is 423 g/mol. The number of hydrazone groups is 1. The van der Waals surface area contributed by atoms with Crippen LogP contribution < -0.4 is 9.47 Å². The molecule has 2 atom stereocenters. The number of aliphatic hydroxyl groups excluding tert-OH is 1. The van der Waals surface area contributed by atoms with Gasteiger partial charge in [0.15, 0.2) is 0 Å². The van der Waals surface area contributed by atoms with Crippen LogP contribution in [0.1, 0.15) is 25.8 Å². The Morgan fingerprint density at radius 2 is 1.83 bits per heavy atom. The van der Waals surface area contributed by atoms with Crippen LogP contribution >= 0.6 is 11.6 Å². The van der Waals surface area contributed by atoms with Gasteiger partial charge in [0.25, 0.3) is 0 Å². The largest absolute Gasteiger partial charge is 0.488 e. The Labute approximate surface area is 177 Å². The zero-order valence-corrected chi connectivity index (χ0v) is 17.7. The minimum absolute atomic E-state index is 0.141. The van der Waals surface area contributed by atoms with Crippen molar-refractivity contribution in [3.63, 3.8) is 0 Å². The van der Waals surface area contributed by atoms with E-state index >= 15 is 0 Å². The van der Waals surface area contributed by atoms with Crippen LogP contribution in [0.15, 0.2) is 41.6 Å². The summed E-state index contributed by atoms with van der Waals surface area (Å²) in [6, 6.07) is 7.09. The third kappa shape index (κ3) is 7.07. The molecule has 1 N–H and O–H groups in total. The molecular formula is C20H23ClF3N3O3. The van der Waals surface area contributed by atoms with Gasteiger partial charge in [-0.15, -0.1) is 0 Å². The molecule has 0 spiro atoms. The summed E-state index contributed by atoms with van der Waals surface area (Å²) in [6.07, 6.45) is -4.76. The molecule has 0 radical (unpaired) electrons. The first-order chi connectivity index (χ1) is 14.0. The van der Waals surface area contributed by atoms with E-state index in [-0.39, 0.29) is 10.9 Å². The minimum atomic E-state index is -4.54. The summed E-state index contributed by atoms with van der Waals surface area (Å²) < 4.78 is 49.2. The summed E-state index contributed by atoms with van der Waals surface area (Å²) in [7, 11) is 3.60. The van der Waals surface area contributed by atoms with Crippen molar-refractivity contribution in [2.75, 3.05) is 14.1 Å². The first-order valence-electron chi connectivity index (χ1n) is 9.02. The number of hydrogen-bond donors (Lipinski definition) is 1. The van der Waals surface area contributed by atoms with Crippen molar-refractivity contribution >= 4 is 17.3 Å². The summed E-state index contributed by atoms with van der Waals surface area (Å²) in [4.78, 5) is 3.63. The zero-order valence-electron chi connectivity index (χ0n) is 16.9. The van der Waals surface area contributed by atoms with Crippen molar-refractivity contribution in [3.8, 4) is 17.4 Å². The normalized spacial score (nSPS) is 14.2. The van der Waals surface area contributed by atoms with Gasteiger partial charge >= 0.3 is 6.18 Å². The van der Waals surface area contributed by atoms with Gasteiger partial charge in [0, 0.05) is 32.4 Å². The molecule has 0 fully saturated rings. The van der Waals surface area contributed by atoms with Crippen molar-refractivity contribution < 1.29 is 27.8 Å². The first-order valence-corrected chi connectivity index (χ1v) is 9.40. The Morgan fingerprint density at radius 1 is 1.23 bits per heavy atom. The minimum Gasteiger partial charge on any atom is -0.488 e. The second-order valence-corrected chi connectivity index (χ2v) is 7.27. The Kier molecular flexibility index (Phi) is 7.91. The Balaban J connectivity index is 1.98. The molecule has 0 saturated heterocycles. The molecule has 0 amide bonds. The Bertz CT molecular complexity index is 874. The lowest BCUT2D eigenvalue weighted by Gasteiger charge is -2.21. The highest BCUT2D eigenvalue weighted by atomic mass is 35.5. The number of aliphatic hydroxyl groups is 1. The molecule has 0 aliphatic carbocycles. The van der Waals surface area contributed by atoms with Crippen LogP contribution in [0.25, 0.3) is 0 Å². The average molecular weight is 446 g/mol. The van der Waals surface area contributed by atoms with Gasteiger partial charge in [-0.05, 0) is 44.2 Å². The maximum atomic E-state index is 12.7. The van der Waals surface area contributed by atoms with E-state index < -0.39 is 23.9 Å². The van der Waals surface area contributed by atoms with Crippen molar-refractivity contribution in [2.24, 2.45) is 5.10 Å². The maximum absolute atomic E-state index is 12.7. The quantitative estimate of drug-likeness (QED) is 0.457. The van der Waals surface area contributed by atoms with E-state index in [2.05, 4.69) is 10.1 Å². The SMILES string of the molecule is C/C(CC(O)C(C)Oc1ccc(Oc2ncc(C(F)(F)F)cc2Cl)cc1)=N\N(C)C. The predicted molar refractivity (Wildman–Crippen MR) is 108 cm³/mol. The Hall–Kier alpha value is -2.52. The summed E-state index contributed by atoms with van der Waals surface area (Å²) in [5, 5.41) is 15.9. The third-order valence-electron chi connectivity index (χ3n) is 3.91. The van der Waals surface area contributed by atoms with E-state index in [1.165, 1.54) is 0 Å². The maximum Gasteiger partial charge on any atom is 0.417 e. The van der Waals surface area contributed by atoms with E-state index in [4.69, 9.17) is 21.1 Å². The van der Waals surface area contributed by atoms with E-state index in [0.717, 1.165) is 11.8 Å². The fraction of sp³-hybridized carbons (Fsp3) is 0.400. The number of ether oxygens (including phenoxy) is 2. The monoisotopic (exact) mass is 445 g/mol. The fourth-order valence-corrected chi connectivity index (χ4v) is 2.70. The number of benzene rings is 1. The third-order valence-corrected chi connectivity index (χ3v) is 4.18. The lowest BCUT2D eigenvalue weighted by molar-refractivity contribution is -0.137. The highest BCUT2D eigenvalue weighted by Gasteiger charge is 2.31. The van der Waals surface area contributed by atoms with Gasteiger partial charge in [0.05, 0.1) is 11.7 Å². The van der Waals surface area contributed by atoms with Gasteiger partial charge in [-0.1, -0.05) is 11.6 Å². The van der Waals surface area contributed by atoms with Crippen LogP contribution in [0.4, 0.5) is 13.2 Å². The second kappa shape index (κ2) is 9.99. The van der Waals surface area contributed by atoms with Crippen LogP contribution in [0.5, 0.6) is 17.4 Å². The van der Waals surface area contributed by atoms with Crippen LogP contribution in [0, 0.1) is 0 Å². The zero-order chi connectivity index (χ0) is 22.5. The molecule has 6 nitrogen and oxygen atoms in total. The summed E-state index contributed by atoms with van der Waals surface area (Å²) in [5.41, 5.74) is -0.186. The van der Waals surface area contributed by atoms with Crippen molar-refractivity contribution in [1.29, 1.82) is 0 Å². The molecule has 0 aliphatic rings. The molecule has 1 heterocycles. The number of halogens is 4. The molecule has 1 aromatic carbocycles. The van der Waals surface area contributed by atoms with E-state index in [9.17, 15) is 18.3 Å². The molecule has 1 aromatic heterocycles. The summed E-state index contributed by atoms with van der Waals surface area (Å²) in [5.74, 6) is 0.666. The number of nitrogens with zero attached hydrogens (tertiary/aromatic N) is 3. The lowest BCUT2D eigenvalue weighted by atomic mass is 10.1. The molecule has 2 rings (SSSR count). The van der Waals surface area contributed by atoms with Crippen LogP contribution in [-0.4, -0.2) is 47.1 Å². The van der Waals surface area contributed by atoms with E-state index in [1.54, 1.807) is 50.3 Å². The van der Waals surface area contributed by atoms with Gasteiger partial charge in [-0.3, -0.25) is 0 Å². The highest BCUT2D eigenvalue weighted by Crippen LogP contribution is 2.34. The standard InChI is InChI=1S/C20H23ClF3N3O3/c1-12(26-27(3)4)9-18(28)13(2)29-15-5-7-16(8-6-15)30-19-17(21)10-14(11-25-19)20(22,23)24/h5-8,10-11,13,18,28H,9H2,1-4H3/b26-12+. The molecule has 0 bridgehead atoms. The Morgan fingerprint density at radius 3 is 2.37 bits per heavy atom. The topological polar surface area (TPSA) is 67.2 Å². The van der Waals surface area contributed by atoms with Gasteiger partial charge in [-0.25, -0.2) is 4.98 Å². The lowest BCUT2D eigenvalue weighted by Crippen LogP contribution is -2.30. The van der Waals surface area contributed by atoms with Crippen LogP contribution in [0.3, 0.4) is 0 Å². The average Bonchev–Trinajstić information content (AvgIpc) is 2.63. The molecule has 10 heteroatoms. The van der Waals surface area contributed by atoms with Crippen molar-refractivity contribution in [3.05, 3.63) is 47.1 Å².